The van der Waals surface area contributed by atoms with Gasteiger partial charge in [-0.15, -0.1) is 0 Å². The minimum absolute atomic E-state index is 0.102. The number of anilines is 1. The Morgan fingerprint density at radius 2 is 1.78 bits per heavy atom. The van der Waals surface area contributed by atoms with Crippen LogP contribution in [0.2, 0.25) is 0 Å². The van der Waals surface area contributed by atoms with Crippen molar-refractivity contribution in [2.75, 3.05) is 11.5 Å². The van der Waals surface area contributed by atoms with Crippen molar-refractivity contribution in [3.8, 4) is 11.8 Å². The summed E-state index contributed by atoms with van der Waals surface area (Å²) >= 11 is 0. The van der Waals surface area contributed by atoms with Crippen molar-refractivity contribution in [1.29, 1.82) is 5.26 Å². The predicted octanol–water partition coefficient (Wildman–Crippen LogP) is 2.95. The molecule has 136 valence electrons. The molecule has 0 saturated carbocycles. The molecule has 1 aliphatic heterocycles. The number of amides is 2. The van der Waals surface area contributed by atoms with Crippen LogP contribution in [0.5, 0.6) is 5.75 Å². The first-order chi connectivity index (χ1) is 13.0. The quantitative estimate of drug-likeness (QED) is 0.598. The van der Waals surface area contributed by atoms with Gasteiger partial charge in [0.2, 0.25) is 0 Å². The fourth-order valence-electron chi connectivity index (χ4n) is 2.72. The van der Waals surface area contributed by atoms with E-state index in [0.717, 1.165) is 4.90 Å². The van der Waals surface area contributed by atoms with Crippen LogP contribution in [0.4, 0.5) is 5.69 Å². The average Bonchev–Trinajstić information content (AvgIpc) is 2.93. The van der Waals surface area contributed by atoms with Crippen LogP contribution in [0.15, 0.2) is 42.5 Å². The number of carbonyl (C=O) groups is 3. The van der Waals surface area contributed by atoms with Gasteiger partial charge in [-0.05, 0) is 56.3 Å². The van der Waals surface area contributed by atoms with E-state index in [9.17, 15) is 14.4 Å². The maximum atomic E-state index is 12.7. The van der Waals surface area contributed by atoms with Gasteiger partial charge in [-0.2, -0.15) is 5.26 Å². The van der Waals surface area contributed by atoms with E-state index in [4.69, 9.17) is 14.7 Å². The van der Waals surface area contributed by atoms with Gasteiger partial charge in [-0.25, -0.2) is 9.69 Å². The lowest BCUT2D eigenvalue weighted by molar-refractivity contribution is 0.0435. The highest BCUT2D eigenvalue weighted by Crippen LogP contribution is 2.30. The Kier molecular flexibility index (Phi) is 4.90. The zero-order valence-electron chi connectivity index (χ0n) is 14.8. The van der Waals surface area contributed by atoms with E-state index in [1.165, 1.54) is 25.1 Å². The van der Waals surface area contributed by atoms with E-state index in [1.807, 2.05) is 6.92 Å². The van der Waals surface area contributed by atoms with Crippen molar-refractivity contribution in [2.45, 2.75) is 20.0 Å². The number of carbonyl (C=O) groups excluding carboxylic acids is 3. The third-order valence-electron chi connectivity index (χ3n) is 3.99. The van der Waals surface area contributed by atoms with E-state index in [2.05, 4.69) is 0 Å². The summed E-state index contributed by atoms with van der Waals surface area (Å²) in [6, 6.07) is 12.5. The Labute approximate surface area is 155 Å². The molecule has 1 heterocycles. The second kappa shape index (κ2) is 7.30. The lowest BCUT2D eigenvalue weighted by atomic mass is 10.1. The molecule has 3 rings (SSSR count). The summed E-state index contributed by atoms with van der Waals surface area (Å²) in [7, 11) is 0. The highest BCUT2D eigenvalue weighted by molar-refractivity contribution is 6.34. The number of hydrogen-bond acceptors (Lipinski definition) is 6. The molecule has 0 spiro atoms. The van der Waals surface area contributed by atoms with Crippen molar-refractivity contribution < 1.29 is 23.9 Å². The van der Waals surface area contributed by atoms with Crippen molar-refractivity contribution >= 4 is 23.5 Å². The molecule has 0 radical (unpaired) electrons. The number of nitrogens with zero attached hydrogens (tertiary/aromatic N) is 2. The Morgan fingerprint density at radius 1 is 1.11 bits per heavy atom. The molecule has 2 aromatic rings. The summed E-state index contributed by atoms with van der Waals surface area (Å²) in [5, 5.41) is 8.73. The molecule has 7 heteroatoms. The standard InChI is InChI=1S/C20H16N2O5/c1-3-26-15-7-5-14(6-8-15)22-18(23)16-9-4-13(10-17(16)19(22)24)20(25)27-12(2)11-21/h4-10,12H,3H2,1-2H3. The van der Waals surface area contributed by atoms with Crippen LogP contribution in [0.1, 0.15) is 44.9 Å². The number of fused-ring (bicyclic) bond motifs is 1. The zero-order chi connectivity index (χ0) is 19.6. The van der Waals surface area contributed by atoms with Crippen LogP contribution < -0.4 is 9.64 Å². The van der Waals surface area contributed by atoms with Gasteiger partial charge in [0.15, 0.2) is 6.10 Å². The summed E-state index contributed by atoms with van der Waals surface area (Å²) in [4.78, 5) is 38.5. The number of ether oxygens (including phenoxy) is 2. The van der Waals surface area contributed by atoms with Crippen molar-refractivity contribution in [1.82, 2.24) is 0 Å². The topological polar surface area (TPSA) is 96.7 Å². The smallest absolute Gasteiger partial charge is 0.339 e. The van der Waals surface area contributed by atoms with Gasteiger partial charge in [0, 0.05) is 0 Å². The molecule has 1 atom stereocenters. The number of imide groups is 1. The molecular formula is C20H16N2O5. The zero-order valence-corrected chi connectivity index (χ0v) is 14.8. The summed E-state index contributed by atoms with van der Waals surface area (Å²) < 4.78 is 10.3. The molecule has 0 aromatic heterocycles. The maximum absolute atomic E-state index is 12.7. The lowest BCUT2D eigenvalue weighted by Crippen LogP contribution is -2.29. The van der Waals surface area contributed by atoms with Crippen LogP contribution in [0, 0.1) is 11.3 Å². The molecule has 2 amide bonds. The monoisotopic (exact) mass is 364 g/mol. The highest BCUT2D eigenvalue weighted by atomic mass is 16.5. The predicted molar refractivity (Wildman–Crippen MR) is 95.7 cm³/mol. The summed E-state index contributed by atoms with van der Waals surface area (Å²) in [5.74, 6) is -1.09. The van der Waals surface area contributed by atoms with Crippen molar-refractivity contribution in [3.05, 3.63) is 59.2 Å². The summed E-state index contributed by atoms with van der Waals surface area (Å²) in [5.41, 5.74) is 0.837. The van der Waals surface area contributed by atoms with E-state index >= 15 is 0 Å². The Balaban J connectivity index is 1.89. The Bertz CT molecular complexity index is 959. The SMILES string of the molecule is CCOc1ccc(N2C(=O)c3ccc(C(=O)OC(C)C#N)cc3C2=O)cc1. The molecule has 1 unspecified atom stereocenters. The number of esters is 1. The molecule has 0 bridgehead atoms. The molecule has 27 heavy (non-hydrogen) atoms. The van der Waals surface area contributed by atoms with Crippen LogP contribution in [0.3, 0.4) is 0 Å². The third kappa shape index (κ3) is 3.37. The van der Waals surface area contributed by atoms with Crippen LogP contribution in [-0.2, 0) is 4.74 Å². The highest BCUT2D eigenvalue weighted by Gasteiger charge is 2.37. The molecular weight excluding hydrogens is 348 g/mol. The second-order valence-electron chi connectivity index (χ2n) is 5.81. The number of rotatable bonds is 5. The van der Waals surface area contributed by atoms with E-state index in [-0.39, 0.29) is 16.7 Å². The molecule has 7 nitrogen and oxygen atoms in total. The van der Waals surface area contributed by atoms with Crippen LogP contribution >= 0.6 is 0 Å². The van der Waals surface area contributed by atoms with Gasteiger partial charge in [0.1, 0.15) is 11.8 Å². The molecule has 0 saturated heterocycles. The number of benzene rings is 2. The second-order valence-corrected chi connectivity index (χ2v) is 5.81. The normalized spacial score (nSPS) is 13.7. The third-order valence-corrected chi connectivity index (χ3v) is 3.99. The van der Waals surface area contributed by atoms with E-state index in [0.29, 0.717) is 18.0 Å². The molecule has 0 N–H and O–H groups in total. The van der Waals surface area contributed by atoms with Crippen molar-refractivity contribution in [3.63, 3.8) is 0 Å². The fourth-order valence-corrected chi connectivity index (χ4v) is 2.72. The molecule has 1 aliphatic rings. The fraction of sp³-hybridized carbons (Fsp3) is 0.200. The minimum atomic E-state index is -0.913. The molecule has 0 fully saturated rings. The van der Waals surface area contributed by atoms with E-state index < -0.39 is 23.9 Å². The Hall–Kier alpha value is -3.66. The van der Waals surface area contributed by atoms with Gasteiger partial charge in [0.05, 0.1) is 29.0 Å². The Morgan fingerprint density at radius 3 is 2.41 bits per heavy atom. The van der Waals surface area contributed by atoms with E-state index in [1.54, 1.807) is 30.3 Å². The number of nitriles is 1. The largest absolute Gasteiger partial charge is 0.494 e. The first-order valence-corrected chi connectivity index (χ1v) is 8.32. The minimum Gasteiger partial charge on any atom is -0.494 e. The number of hydrogen-bond donors (Lipinski definition) is 0. The lowest BCUT2D eigenvalue weighted by Gasteiger charge is -2.14. The molecule has 2 aromatic carbocycles. The van der Waals surface area contributed by atoms with Crippen molar-refractivity contribution in [2.24, 2.45) is 0 Å². The maximum Gasteiger partial charge on any atom is 0.339 e. The van der Waals surface area contributed by atoms with Gasteiger partial charge in [-0.1, -0.05) is 0 Å². The molecule has 0 aliphatic carbocycles. The average molecular weight is 364 g/mol. The first-order valence-electron chi connectivity index (χ1n) is 8.32. The van der Waals surface area contributed by atoms with Gasteiger partial charge >= 0.3 is 5.97 Å². The van der Waals surface area contributed by atoms with Gasteiger partial charge in [0.25, 0.3) is 11.8 Å². The van der Waals surface area contributed by atoms with Crippen LogP contribution in [0.25, 0.3) is 0 Å². The summed E-state index contributed by atoms with van der Waals surface area (Å²) in [6.07, 6.45) is -0.913. The van der Waals surface area contributed by atoms with Gasteiger partial charge < -0.3 is 9.47 Å². The first kappa shape index (κ1) is 18.1. The van der Waals surface area contributed by atoms with Crippen LogP contribution in [-0.4, -0.2) is 30.5 Å². The summed E-state index contributed by atoms with van der Waals surface area (Å²) in [6.45, 7) is 3.81. The van der Waals surface area contributed by atoms with Gasteiger partial charge in [-0.3, -0.25) is 9.59 Å².